The summed E-state index contributed by atoms with van der Waals surface area (Å²) < 4.78 is 34.6. The van der Waals surface area contributed by atoms with Gasteiger partial charge in [-0.25, -0.2) is 4.98 Å². The fourth-order valence-electron chi connectivity index (χ4n) is 2.91. The highest BCUT2D eigenvalue weighted by Gasteiger charge is 2.33. The van der Waals surface area contributed by atoms with Gasteiger partial charge in [0.2, 0.25) is 0 Å². The number of benzene rings is 2. The molecule has 4 nitrogen and oxygen atoms in total. The monoisotopic (exact) mass is 399 g/mol. The van der Waals surface area contributed by atoms with Gasteiger partial charge in [-0.05, 0) is 42.0 Å². The van der Waals surface area contributed by atoms with E-state index in [2.05, 4.69) is 15.3 Å². The van der Waals surface area contributed by atoms with E-state index in [4.69, 9.17) is 16.0 Å². The quantitative estimate of drug-likeness (QED) is 0.453. The molecule has 4 aromatic rings. The second-order valence-electron chi connectivity index (χ2n) is 6.34. The van der Waals surface area contributed by atoms with Crippen LogP contribution in [-0.4, -0.2) is 16.5 Å². The fraction of sp³-hybridized carbons (Fsp3) is 0.143. The summed E-state index contributed by atoms with van der Waals surface area (Å²) in [7, 11) is 0. The fourth-order valence-corrected chi connectivity index (χ4v) is 3.12. The lowest BCUT2D eigenvalue weighted by atomic mass is 10.1. The van der Waals surface area contributed by atoms with Crippen molar-refractivity contribution in [3.8, 4) is 0 Å². The minimum atomic E-state index is -3.12. The number of alkyl halides is 2. The molecule has 7 heteroatoms. The molecule has 28 heavy (non-hydrogen) atoms. The summed E-state index contributed by atoms with van der Waals surface area (Å²) in [6.07, 6.45) is 1.81. The molecule has 0 aliphatic rings. The molecule has 0 spiro atoms. The van der Waals surface area contributed by atoms with Crippen LogP contribution in [0.2, 0.25) is 5.02 Å². The number of nitrogens with zero attached hydrogens (tertiary/aromatic N) is 2. The standard InChI is InChI=1S/C21H16ClF2N3O/c22-15-6-3-5-14(11-15)12-19-27-17-8-4-7-16(20(17)28-19)26-13-21(23,24)18-9-1-2-10-25-18/h1-11,26H,12-13H2. The van der Waals surface area contributed by atoms with Crippen molar-refractivity contribution in [3.63, 3.8) is 0 Å². The van der Waals surface area contributed by atoms with E-state index in [0.29, 0.717) is 34.1 Å². The predicted octanol–water partition coefficient (Wildman–Crippen LogP) is 5.67. The molecular formula is C21H16ClF2N3O. The number of pyridine rings is 1. The highest BCUT2D eigenvalue weighted by Crippen LogP contribution is 2.30. The molecular weight excluding hydrogens is 384 g/mol. The van der Waals surface area contributed by atoms with Crippen LogP contribution in [0.25, 0.3) is 11.1 Å². The minimum Gasteiger partial charge on any atom is -0.438 e. The van der Waals surface area contributed by atoms with E-state index in [1.54, 1.807) is 30.3 Å². The Balaban J connectivity index is 1.55. The molecule has 0 fully saturated rings. The van der Waals surface area contributed by atoms with Crippen molar-refractivity contribution in [1.29, 1.82) is 0 Å². The third-order valence-corrected chi connectivity index (χ3v) is 4.48. The van der Waals surface area contributed by atoms with E-state index in [9.17, 15) is 8.78 Å². The SMILES string of the molecule is FC(F)(CNc1cccc2nc(Cc3cccc(Cl)c3)oc12)c1ccccn1. The van der Waals surface area contributed by atoms with Gasteiger partial charge < -0.3 is 9.73 Å². The van der Waals surface area contributed by atoms with Gasteiger partial charge in [0, 0.05) is 17.6 Å². The number of fused-ring (bicyclic) bond motifs is 1. The van der Waals surface area contributed by atoms with E-state index in [-0.39, 0.29) is 5.69 Å². The van der Waals surface area contributed by atoms with Gasteiger partial charge in [-0.2, -0.15) is 8.78 Å². The zero-order valence-electron chi connectivity index (χ0n) is 14.7. The lowest BCUT2D eigenvalue weighted by molar-refractivity contribution is 0.00601. The van der Waals surface area contributed by atoms with Gasteiger partial charge in [0.05, 0.1) is 12.2 Å². The molecule has 0 aliphatic carbocycles. The van der Waals surface area contributed by atoms with Gasteiger partial charge in [0.25, 0.3) is 0 Å². The van der Waals surface area contributed by atoms with Crippen LogP contribution < -0.4 is 5.32 Å². The number of rotatable bonds is 6. The Kier molecular flexibility index (Phi) is 4.96. The molecule has 0 atom stereocenters. The third kappa shape index (κ3) is 3.97. The summed E-state index contributed by atoms with van der Waals surface area (Å²) in [6.45, 7) is -0.604. The minimum absolute atomic E-state index is 0.283. The molecule has 2 heterocycles. The molecule has 0 bridgehead atoms. The molecule has 0 amide bonds. The Morgan fingerprint density at radius 2 is 1.89 bits per heavy atom. The van der Waals surface area contributed by atoms with Crippen molar-refractivity contribution in [2.75, 3.05) is 11.9 Å². The Morgan fingerprint density at radius 3 is 2.68 bits per heavy atom. The Labute approximate surface area is 165 Å². The summed E-state index contributed by atoms with van der Waals surface area (Å²) in [5.74, 6) is -2.63. The van der Waals surface area contributed by atoms with Crippen LogP contribution in [0.5, 0.6) is 0 Å². The van der Waals surface area contributed by atoms with Crippen LogP contribution in [0, 0.1) is 0 Å². The molecule has 0 unspecified atom stereocenters. The largest absolute Gasteiger partial charge is 0.438 e. The van der Waals surface area contributed by atoms with E-state index in [1.807, 2.05) is 18.2 Å². The molecule has 1 N–H and O–H groups in total. The third-order valence-electron chi connectivity index (χ3n) is 4.24. The van der Waals surface area contributed by atoms with Gasteiger partial charge in [-0.15, -0.1) is 0 Å². The first kappa shape index (κ1) is 18.4. The van der Waals surface area contributed by atoms with Crippen molar-refractivity contribution in [1.82, 2.24) is 9.97 Å². The van der Waals surface area contributed by atoms with Crippen molar-refractivity contribution < 1.29 is 13.2 Å². The second-order valence-corrected chi connectivity index (χ2v) is 6.78. The smallest absolute Gasteiger partial charge is 0.306 e. The number of hydrogen-bond acceptors (Lipinski definition) is 4. The number of anilines is 1. The van der Waals surface area contributed by atoms with E-state index in [0.717, 1.165) is 5.56 Å². The Morgan fingerprint density at radius 1 is 1.04 bits per heavy atom. The molecule has 0 saturated heterocycles. The normalized spacial score (nSPS) is 11.7. The first-order valence-corrected chi connectivity index (χ1v) is 9.05. The molecule has 0 aliphatic heterocycles. The molecule has 0 saturated carbocycles. The zero-order valence-corrected chi connectivity index (χ0v) is 15.5. The van der Waals surface area contributed by atoms with Crippen LogP contribution in [0.15, 0.2) is 71.3 Å². The maximum absolute atomic E-state index is 14.4. The van der Waals surface area contributed by atoms with Crippen LogP contribution in [0.3, 0.4) is 0 Å². The van der Waals surface area contributed by atoms with E-state index < -0.39 is 12.5 Å². The number of halogens is 3. The van der Waals surface area contributed by atoms with E-state index >= 15 is 0 Å². The number of aromatic nitrogens is 2. The lowest BCUT2D eigenvalue weighted by Gasteiger charge is -2.17. The maximum atomic E-state index is 14.4. The zero-order chi connectivity index (χ0) is 19.6. The van der Waals surface area contributed by atoms with Crippen molar-refractivity contribution in [3.05, 3.63) is 89.0 Å². The summed E-state index contributed by atoms with van der Waals surface area (Å²) in [5.41, 5.74) is 2.17. The number of para-hydroxylation sites is 1. The Bertz CT molecular complexity index is 1100. The summed E-state index contributed by atoms with van der Waals surface area (Å²) in [5, 5.41) is 3.40. The van der Waals surface area contributed by atoms with E-state index in [1.165, 1.54) is 18.3 Å². The van der Waals surface area contributed by atoms with Gasteiger partial charge in [-0.1, -0.05) is 35.9 Å². The van der Waals surface area contributed by atoms with Gasteiger partial charge >= 0.3 is 5.92 Å². The first-order valence-electron chi connectivity index (χ1n) is 8.67. The summed E-state index contributed by atoms with van der Waals surface area (Å²) in [4.78, 5) is 8.20. The van der Waals surface area contributed by atoms with Crippen LogP contribution >= 0.6 is 11.6 Å². The Hall–Kier alpha value is -2.99. The average molecular weight is 400 g/mol. The molecule has 142 valence electrons. The van der Waals surface area contributed by atoms with Crippen molar-refractivity contribution >= 4 is 28.4 Å². The van der Waals surface area contributed by atoms with Gasteiger partial charge in [0.1, 0.15) is 11.2 Å². The van der Waals surface area contributed by atoms with Gasteiger partial charge in [-0.3, -0.25) is 4.98 Å². The topological polar surface area (TPSA) is 51.0 Å². The van der Waals surface area contributed by atoms with Crippen LogP contribution in [0.4, 0.5) is 14.5 Å². The van der Waals surface area contributed by atoms with Crippen molar-refractivity contribution in [2.24, 2.45) is 0 Å². The molecule has 2 aromatic carbocycles. The van der Waals surface area contributed by atoms with Crippen molar-refractivity contribution in [2.45, 2.75) is 12.3 Å². The maximum Gasteiger partial charge on any atom is 0.306 e. The van der Waals surface area contributed by atoms with Gasteiger partial charge in [0.15, 0.2) is 11.5 Å². The highest BCUT2D eigenvalue weighted by atomic mass is 35.5. The van der Waals surface area contributed by atoms with Crippen LogP contribution in [0.1, 0.15) is 17.1 Å². The lowest BCUT2D eigenvalue weighted by Crippen LogP contribution is -2.25. The molecule has 4 rings (SSSR count). The molecule has 0 radical (unpaired) electrons. The first-order chi connectivity index (χ1) is 13.5. The second kappa shape index (κ2) is 7.56. The summed E-state index contributed by atoms with van der Waals surface area (Å²) >= 11 is 6.01. The predicted molar refractivity (Wildman–Crippen MR) is 105 cm³/mol. The number of oxazole rings is 1. The highest BCUT2D eigenvalue weighted by molar-refractivity contribution is 6.30. The number of nitrogens with one attached hydrogen (secondary N) is 1. The average Bonchev–Trinajstić information content (AvgIpc) is 3.10. The van der Waals surface area contributed by atoms with Crippen LogP contribution in [-0.2, 0) is 12.3 Å². The molecule has 2 aromatic heterocycles. The summed E-state index contributed by atoms with van der Waals surface area (Å²) in [6, 6.07) is 17.1. The number of hydrogen-bond donors (Lipinski definition) is 1.